The Labute approximate surface area is 107 Å². The van der Waals surface area contributed by atoms with Gasteiger partial charge < -0.3 is 14.8 Å². The van der Waals surface area contributed by atoms with Gasteiger partial charge in [-0.1, -0.05) is 0 Å². The van der Waals surface area contributed by atoms with Gasteiger partial charge in [0.25, 0.3) is 0 Å². The van der Waals surface area contributed by atoms with Crippen LogP contribution in [0.3, 0.4) is 0 Å². The number of fused-ring (bicyclic) bond motifs is 2. The molecule has 0 unspecified atom stereocenters. The summed E-state index contributed by atoms with van der Waals surface area (Å²) >= 11 is 0. The second kappa shape index (κ2) is 4.16. The van der Waals surface area contributed by atoms with Crippen molar-refractivity contribution in [2.24, 2.45) is 0 Å². The maximum atomic E-state index is 5.99. The number of benzene rings is 1. The standard InChI is InChI=1S/C15H19NO2/c1-3-10-7-13-12(4-2-5-17-13)14(11-8-16-9-11)15(10)18-6-1/h7,11,16H,1-6,8-9H2. The first-order valence-corrected chi connectivity index (χ1v) is 7.08. The van der Waals surface area contributed by atoms with Crippen molar-refractivity contribution in [1.82, 2.24) is 5.32 Å². The van der Waals surface area contributed by atoms with Crippen molar-refractivity contribution in [3.63, 3.8) is 0 Å². The Kier molecular flexibility index (Phi) is 2.47. The lowest BCUT2D eigenvalue weighted by Gasteiger charge is -2.35. The molecule has 0 aromatic heterocycles. The highest BCUT2D eigenvalue weighted by Crippen LogP contribution is 2.44. The minimum atomic E-state index is 0.633. The molecule has 3 heteroatoms. The molecule has 1 aromatic rings. The lowest BCUT2D eigenvalue weighted by molar-refractivity contribution is 0.263. The average Bonchev–Trinajstić information content (AvgIpc) is 2.36. The molecular weight excluding hydrogens is 226 g/mol. The molecule has 0 aliphatic carbocycles. The summed E-state index contributed by atoms with van der Waals surface area (Å²) in [6.07, 6.45) is 4.56. The van der Waals surface area contributed by atoms with Gasteiger partial charge in [0.05, 0.1) is 13.2 Å². The van der Waals surface area contributed by atoms with Crippen molar-refractivity contribution >= 4 is 0 Å². The van der Waals surface area contributed by atoms with Crippen molar-refractivity contribution in [2.75, 3.05) is 26.3 Å². The maximum Gasteiger partial charge on any atom is 0.126 e. The molecular formula is C15H19NO2. The fraction of sp³-hybridized carbons (Fsp3) is 0.600. The monoisotopic (exact) mass is 245 g/mol. The molecule has 3 heterocycles. The van der Waals surface area contributed by atoms with E-state index in [0.717, 1.165) is 57.7 Å². The molecule has 1 N–H and O–H groups in total. The predicted molar refractivity (Wildman–Crippen MR) is 69.7 cm³/mol. The Hall–Kier alpha value is -1.22. The molecule has 1 saturated heterocycles. The Morgan fingerprint density at radius 1 is 1.06 bits per heavy atom. The van der Waals surface area contributed by atoms with Gasteiger partial charge in [-0.25, -0.2) is 0 Å². The molecule has 1 fully saturated rings. The van der Waals surface area contributed by atoms with E-state index in [0.29, 0.717) is 5.92 Å². The molecule has 3 nitrogen and oxygen atoms in total. The van der Waals surface area contributed by atoms with E-state index in [1.54, 1.807) is 0 Å². The van der Waals surface area contributed by atoms with Gasteiger partial charge in [-0.15, -0.1) is 0 Å². The molecule has 18 heavy (non-hydrogen) atoms. The maximum absolute atomic E-state index is 5.99. The van der Waals surface area contributed by atoms with E-state index in [1.807, 2.05) is 0 Å². The number of ether oxygens (including phenoxy) is 2. The first-order valence-electron chi connectivity index (χ1n) is 7.08. The molecule has 0 spiro atoms. The summed E-state index contributed by atoms with van der Waals surface area (Å²) in [5.74, 6) is 2.96. The van der Waals surface area contributed by atoms with Crippen molar-refractivity contribution in [3.8, 4) is 11.5 Å². The van der Waals surface area contributed by atoms with Crippen LogP contribution in [0.1, 0.15) is 35.4 Å². The summed E-state index contributed by atoms with van der Waals surface area (Å²) in [4.78, 5) is 0. The van der Waals surface area contributed by atoms with Crippen LogP contribution in [0.4, 0.5) is 0 Å². The van der Waals surface area contributed by atoms with Gasteiger partial charge in [-0.2, -0.15) is 0 Å². The first-order chi connectivity index (χ1) is 8.93. The average molecular weight is 245 g/mol. The Balaban J connectivity index is 1.89. The molecule has 0 bridgehead atoms. The van der Waals surface area contributed by atoms with Crippen LogP contribution < -0.4 is 14.8 Å². The fourth-order valence-corrected chi connectivity index (χ4v) is 3.29. The summed E-state index contributed by atoms with van der Waals surface area (Å²) < 4.78 is 11.9. The SMILES string of the molecule is c1c2c(c(C3CNC3)c3c1OCCC3)OCCC2. The molecule has 96 valence electrons. The first kappa shape index (κ1) is 10.7. The zero-order valence-corrected chi connectivity index (χ0v) is 10.6. The van der Waals surface area contributed by atoms with Crippen molar-refractivity contribution < 1.29 is 9.47 Å². The molecule has 0 saturated carbocycles. The minimum absolute atomic E-state index is 0.633. The lowest BCUT2D eigenvalue weighted by Crippen LogP contribution is -2.41. The van der Waals surface area contributed by atoms with Gasteiger partial charge in [-0.3, -0.25) is 0 Å². The molecule has 0 atom stereocenters. The molecule has 0 radical (unpaired) electrons. The second-order valence-corrected chi connectivity index (χ2v) is 5.51. The van der Waals surface area contributed by atoms with E-state index in [4.69, 9.17) is 9.47 Å². The zero-order chi connectivity index (χ0) is 11.9. The van der Waals surface area contributed by atoms with Crippen LogP contribution in [-0.2, 0) is 12.8 Å². The molecule has 3 aliphatic rings. The van der Waals surface area contributed by atoms with E-state index < -0.39 is 0 Å². The van der Waals surface area contributed by atoms with Gasteiger partial charge in [0.1, 0.15) is 11.5 Å². The van der Waals surface area contributed by atoms with Crippen molar-refractivity contribution in [1.29, 1.82) is 0 Å². The van der Waals surface area contributed by atoms with Crippen LogP contribution in [0.5, 0.6) is 11.5 Å². The van der Waals surface area contributed by atoms with Gasteiger partial charge >= 0.3 is 0 Å². The highest BCUT2D eigenvalue weighted by Gasteiger charge is 2.31. The number of nitrogens with one attached hydrogen (secondary N) is 1. The summed E-state index contributed by atoms with van der Waals surface area (Å²) in [5.41, 5.74) is 4.25. The lowest BCUT2D eigenvalue weighted by atomic mass is 9.83. The third kappa shape index (κ3) is 1.53. The van der Waals surface area contributed by atoms with Crippen LogP contribution >= 0.6 is 0 Å². The fourth-order valence-electron chi connectivity index (χ4n) is 3.29. The topological polar surface area (TPSA) is 30.5 Å². The third-order valence-corrected chi connectivity index (χ3v) is 4.32. The Morgan fingerprint density at radius 2 is 1.89 bits per heavy atom. The van der Waals surface area contributed by atoms with Crippen LogP contribution in [-0.4, -0.2) is 26.3 Å². The van der Waals surface area contributed by atoms with Crippen LogP contribution in [0.2, 0.25) is 0 Å². The van der Waals surface area contributed by atoms with Crippen molar-refractivity contribution in [3.05, 3.63) is 22.8 Å². The largest absolute Gasteiger partial charge is 0.493 e. The van der Waals surface area contributed by atoms with Crippen LogP contribution in [0.15, 0.2) is 6.07 Å². The highest BCUT2D eigenvalue weighted by molar-refractivity contribution is 5.57. The minimum Gasteiger partial charge on any atom is -0.493 e. The van der Waals surface area contributed by atoms with Gasteiger partial charge in [0.15, 0.2) is 0 Å². The zero-order valence-electron chi connectivity index (χ0n) is 10.6. The van der Waals surface area contributed by atoms with E-state index in [9.17, 15) is 0 Å². The molecule has 4 rings (SSSR count). The second-order valence-electron chi connectivity index (χ2n) is 5.51. The summed E-state index contributed by atoms with van der Waals surface area (Å²) in [7, 11) is 0. The summed E-state index contributed by atoms with van der Waals surface area (Å²) in [6.45, 7) is 3.92. The van der Waals surface area contributed by atoms with Crippen molar-refractivity contribution in [2.45, 2.75) is 31.6 Å². The highest BCUT2D eigenvalue weighted by atomic mass is 16.5. The summed E-state index contributed by atoms with van der Waals surface area (Å²) in [6, 6.07) is 2.23. The van der Waals surface area contributed by atoms with Crippen LogP contribution in [0.25, 0.3) is 0 Å². The number of rotatable bonds is 1. The number of hydrogen-bond acceptors (Lipinski definition) is 3. The van der Waals surface area contributed by atoms with Gasteiger partial charge in [0, 0.05) is 30.1 Å². The Bertz CT molecular complexity index is 446. The molecule has 3 aliphatic heterocycles. The summed E-state index contributed by atoms with van der Waals surface area (Å²) in [5, 5.41) is 3.38. The van der Waals surface area contributed by atoms with Gasteiger partial charge in [-0.05, 0) is 37.3 Å². The third-order valence-electron chi connectivity index (χ3n) is 4.32. The smallest absolute Gasteiger partial charge is 0.126 e. The van der Waals surface area contributed by atoms with Crippen LogP contribution in [0, 0.1) is 0 Å². The van der Waals surface area contributed by atoms with E-state index in [-0.39, 0.29) is 0 Å². The van der Waals surface area contributed by atoms with E-state index >= 15 is 0 Å². The van der Waals surface area contributed by atoms with E-state index in [2.05, 4.69) is 11.4 Å². The Morgan fingerprint density at radius 3 is 2.72 bits per heavy atom. The normalized spacial score (nSPS) is 22.2. The molecule has 0 amide bonds. The predicted octanol–water partition coefficient (Wildman–Crippen LogP) is 2.02. The van der Waals surface area contributed by atoms with Gasteiger partial charge in [0.2, 0.25) is 0 Å². The number of aryl methyl sites for hydroxylation is 1. The quantitative estimate of drug-likeness (QED) is 0.821. The molecule has 1 aromatic carbocycles. The van der Waals surface area contributed by atoms with E-state index in [1.165, 1.54) is 22.4 Å². The number of hydrogen-bond donors (Lipinski definition) is 1.